The minimum absolute atomic E-state index is 0.120. The van der Waals surface area contributed by atoms with Crippen LogP contribution in [0.15, 0.2) is 95.1 Å². The fourth-order valence-electron chi connectivity index (χ4n) is 3.60. The third-order valence-corrected chi connectivity index (χ3v) is 8.00. The van der Waals surface area contributed by atoms with Gasteiger partial charge in [-0.25, -0.2) is 18.1 Å². The van der Waals surface area contributed by atoms with Gasteiger partial charge in [-0.15, -0.1) is 0 Å². The van der Waals surface area contributed by atoms with E-state index in [2.05, 4.69) is 9.71 Å². The van der Waals surface area contributed by atoms with E-state index in [9.17, 15) is 13.2 Å². The molecule has 0 saturated heterocycles. The van der Waals surface area contributed by atoms with Crippen LogP contribution in [0.1, 0.15) is 11.1 Å². The van der Waals surface area contributed by atoms with Crippen molar-refractivity contribution in [2.45, 2.75) is 18.0 Å². The molecule has 0 spiro atoms. The van der Waals surface area contributed by atoms with E-state index in [0.29, 0.717) is 21.8 Å². The van der Waals surface area contributed by atoms with Gasteiger partial charge in [-0.3, -0.25) is 9.36 Å². The van der Waals surface area contributed by atoms with Gasteiger partial charge < -0.3 is 4.57 Å². The molecule has 172 valence electrons. The smallest absolute Gasteiger partial charge is 0.306 e. The van der Waals surface area contributed by atoms with Crippen molar-refractivity contribution >= 4 is 43.2 Å². The molecule has 0 atom stereocenters. The number of aromatic nitrogens is 3. The van der Waals surface area contributed by atoms with Crippen LogP contribution in [0.2, 0.25) is 5.02 Å². The Kier molecular flexibility index (Phi) is 6.09. The summed E-state index contributed by atoms with van der Waals surface area (Å²) >= 11 is 6.97. The van der Waals surface area contributed by atoms with Crippen molar-refractivity contribution in [1.82, 2.24) is 18.8 Å². The van der Waals surface area contributed by atoms with Gasteiger partial charge in [0.15, 0.2) is 0 Å². The largest absolute Gasteiger partial charge is 0.308 e. The highest BCUT2D eigenvalue weighted by atomic mass is 35.5. The standard InChI is InChI=1S/C24H19ClN4O3S2/c25-19-5-1-18(2-6-19)15-29-22-10-9-21(13-23(22)33-24(29)30)34(31,32)27-14-17-3-7-20(8-4-17)28-12-11-26-16-28/h1-13,16,27H,14-15H2. The molecule has 0 bridgehead atoms. The van der Waals surface area contributed by atoms with E-state index in [1.54, 1.807) is 41.4 Å². The molecule has 0 unspecified atom stereocenters. The van der Waals surface area contributed by atoms with E-state index in [1.807, 2.05) is 47.2 Å². The molecule has 0 saturated carbocycles. The van der Waals surface area contributed by atoms with Crippen LogP contribution in [0.25, 0.3) is 15.9 Å². The lowest BCUT2D eigenvalue weighted by molar-refractivity contribution is 0.581. The van der Waals surface area contributed by atoms with Crippen molar-refractivity contribution in [2.75, 3.05) is 0 Å². The molecule has 3 aromatic carbocycles. The number of sulfonamides is 1. The molecule has 0 aliphatic rings. The molecule has 0 radical (unpaired) electrons. The second-order valence-electron chi connectivity index (χ2n) is 7.67. The molecule has 0 fully saturated rings. The van der Waals surface area contributed by atoms with E-state index in [0.717, 1.165) is 28.2 Å². The minimum atomic E-state index is -3.76. The molecule has 0 amide bonds. The maximum absolute atomic E-state index is 12.9. The third-order valence-electron chi connectivity index (χ3n) is 5.41. The summed E-state index contributed by atoms with van der Waals surface area (Å²) in [5, 5.41) is 0.628. The molecular weight excluding hydrogens is 492 g/mol. The number of rotatable bonds is 7. The number of nitrogens with one attached hydrogen (secondary N) is 1. The maximum atomic E-state index is 12.9. The summed E-state index contributed by atoms with van der Waals surface area (Å²) in [6, 6.07) is 19.6. The molecule has 0 aliphatic heterocycles. The summed E-state index contributed by atoms with van der Waals surface area (Å²) < 4.78 is 32.6. The van der Waals surface area contributed by atoms with Crippen LogP contribution in [-0.2, 0) is 23.1 Å². The molecule has 5 rings (SSSR count). The van der Waals surface area contributed by atoms with Gasteiger partial charge in [0.25, 0.3) is 0 Å². The third kappa shape index (κ3) is 4.69. The summed E-state index contributed by atoms with van der Waals surface area (Å²) in [4.78, 5) is 16.6. The number of hydrogen-bond acceptors (Lipinski definition) is 5. The quantitative estimate of drug-likeness (QED) is 0.351. The first-order valence-corrected chi connectivity index (χ1v) is 13.0. The second-order valence-corrected chi connectivity index (χ2v) is 10.9. The Morgan fingerprint density at radius 2 is 1.71 bits per heavy atom. The number of benzene rings is 3. The highest BCUT2D eigenvalue weighted by molar-refractivity contribution is 7.89. The number of nitrogens with zero attached hydrogens (tertiary/aromatic N) is 3. The fourth-order valence-corrected chi connectivity index (χ4v) is 5.77. The number of halogens is 1. The summed E-state index contributed by atoms with van der Waals surface area (Å²) in [6.07, 6.45) is 5.23. The van der Waals surface area contributed by atoms with Gasteiger partial charge >= 0.3 is 4.87 Å². The van der Waals surface area contributed by atoms with Gasteiger partial charge in [0, 0.05) is 29.6 Å². The molecule has 1 N–H and O–H groups in total. The molecule has 7 nitrogen and oxygen atoms in total. The zero-order chi connectivity index (χ0) is 23.7. The van der Waals surface area contributed by atoms with Crippen LogP contribution < -0.4 is 9.60 Å². The van der Waals surface area contributed by atoms with E-state index < -0.39 is 10.0 Å². The SMILES string of the molecule is O=c1sc2cc(S(=O)(=O)NCc3ccc(-n4ccnc4)cc3)ccc2n1Cc1ccc(Cl)cc1. The van der Waals surface area contributed by atoms with E-state index in [-0.39, 0.29) is 16.3 Å². The Hall–Kier alpha value is -3.24. The van der Waals surface area contributed by atoms with Crippen molar-refractivity contribution in [3.8, 4) is 5.69 Å². The van der Waals surface area contributed by atoms with Gasteiger partial charge in [-0.1, -0.05) is 47.2 Å². The van der Waals surface area contributed by atoms with Gasteiger partial charge in [-0.05, 0) is 53.6 Å². The van der Waals surface area contributed by atoms with E-state index in [1.165, 1.54) is 6.07 Å². The number of hydrogen-bond donors (Lipinski definition) is 1. The molecule has 34 heavy (non-hydrogen) atoms. The lowest BCUT2D eigenvalue weighted by Gasteiger charge is -2.09. The Morgan fingerprint density at radius 1 is 0.971 bits per heavy atom. The molecule has 0 aliphatic carbocycles. The van der Waals surface area contributed by atoms with Crippen molar-refractivity contribution < 1.29 is 8.42 Å². The summed E-state index contributed by atoms with van der Waals surface area (Å²) in [7, 11) is -3.76. The summed E-state index contributed by atoms with van der Waals surface area (Å²) in [5.74, 6) is 0. The van der Waals surface area contributed by atoms with Crippen LogP contribution in [0, 0.1) is 0 Å². The zero-order valence-corrected chi connectivity index (χ0v) is 20.1. The molecule has 2 aromatic heterocycles. The Morgan fingerprint density at radius 3 is 2.41 bits per heavy atom. The zero-order valence-electron chi connectivity index (χ0n) is 17.8. The van der Waals surface area contributed by atoms with Crippen LogP contribution in [-0.4, -0.2) is 22.5 Å². The highest BCUT2D eigenvalue weighted by Gasteiger charge is 2.17. The lowest BCUT2D eigenvalue weighted by Crippen LogP contribution is -2.23. The van der Waals surface area contributed by atoms with Crippen molar-refractivity contribution in [3.63, 3.8) is 0 Å². The highest BCUT2D eigenvalue weighted by Crippen LogP contribution is 2.23. The second kappa shape index (κ2) is 9.19. The number of fused-ring (bicyclic) bond motifs is 1. The lowest BCUT2D eigenvalue weighted by atomic mass is 10.2. The van der Waals surface area contributed by atoms with E-state index in [4.69, 9.17) is 11.6 Å². The Labute approximate surface area is 204 Å². The molecule has 5 aromatic rings. The van der Waals surface area contributed by atoms with Crippen LogP contribution in [0.3, 0.4) is 0 Å². The molecular formula is C24H19ClN4O3S2. The average Bonchev–Trinajstić information content (AvgIpc) is 3.48. The number of thiazole rings is 1. The Bertz CT molecular complexity index is 1610. The van der Waals surface area contributed by atoms with Gasteiger partial charge in [0.1, 0.15) is 0 Å². The minimum Gasteiger partial charge on any atom is -0.306 e. The van der Waals surface area contributed by atoms with Crippen LogP contribution in [0.4, 0.5) is 0 Å². The Balaban J connectivity index is 1.34. The molecule has 2 heterocycles. The predicted octanol–water partition coefficient (Wildman–Crippen LogP) is 4.43. The normalized spacial score (nSPS) is 11.8. The monoisotopic (exact) mass is 510 g/mol. The average molecular weight is 511 g/mol. The van der Waals surface area contributed by atoms with Crippen LogP contribution >= 0.6 is 22.9 Å². The van der Waals surface area contributed by atoms with Crippen molar-refractivity contribution in [1.29, 1.82) is 0 Å². The summed E-state index contributed by atoms with van der Waals surface area (Å²) in [5.41, 5.74) is 3.39. The molecule has 10 heteroatoms. The van der Waals surface area contributed by atoms with Crippen molar-refractivity contribution in [2.24, 2.45) is 0 Å². The van der Waals surface area contributed by atoms with Gasteiger partial charge in [0.05, 0.1) is 28.0 Å². The van der Waals surface area contributed by atoms with E-state index >= 15 is 0 Å². The number of imidazole rings is 1. The topological polar surface area (TPSA) is 86.0 Å². The van der Waals surface area contributed by atoms with Gasteiger partial charge in [0.2, 0.25) is 10.0 Å². The fraction of sp³-hybridized carbons (Fsp3) is 0.0833. The maximum Gasteiger partial charge on any atom is 0.308 e. The first-order valence-electron chi connectivity index (χ1n) is 10.3. The first kappa shape index (κ1) is 22.5. The van der Waals surface area contributed by atoms with Crippen LogP contribution in [0.5, 0.6) is 0 Å². The van der Waals surface area contributed by atoms with Gasteiger partial charge in [-0.2, -0.15) is 0 Å². The summed E-state index contributed by atoms with van der Waals surface area (Å²) in [6.45, 7) is 0.536. The first-order chi connectivity index (χ1) is 16.4. The predicted molar refractivity (Wildman–Crippen MR) is 134 cm³/mol. The van der Waals surface area contributed by atoms with Crippen molar-refractivity contribution in [3.05, 3.63) is 111 Å².